The van der Waals surface area contributed by atoms with Crippen molar-refractivity contribution < 1.29 is 0 Å². The molecule has 0 spiro atoms. The Morgan fingerprint density at radius 3 is 1.90 bits per heavy atom. The molecule has 0 aliphatic carbocycles. The maximum atomic E-state index is 5.11. The summed E-state index contributed by atoms with van der Waals surface area (Å²) in [5.74, 6) is 0. The van der Waals surface area contributed by atoms with Crippen LogP contribution in [0, 0.1) is 13.8 Å². The highest BCUT2D eigenvalue weighted by molar-refractivity contribution is 6.07. The van der Waals surface area contributed by atoms with E-state index in [9.17, 15) is 0 Å². The Balaban J connectivity index is 1.14. The minimum atomic E-state index is 0.962. The number of rotatable bonds is 3. The van der Waals surface area contributed by atoms with Gasteiger partial charge in [-0.05, 0) is 93.0 Å². The standard InChI is InChI=1S/C40H28N2/c1-25-26(2)35-20-21-38(42-40(35)39-34(25)11-6-22-41-39)29-14-12-27(13-15-29)30-16-17-32-24-33(19-18-31(32)23-30)37-10-5-8-28-7-3-4-9-36(28)37/h3-24H,1-2H3. The largest absolute Gasteiger partial charge is 0.254 e. The van der Waals surface area contributed by atoms with Gasteiger partial charge in [-0.1, -0.05) is 103 Å². The first-order valence-electron chi connectivity index (χ1n) is 14.4. The van der Waals surface area contributed by atoms with E-state index in [1.54, 1.807) is 0 Å². The minimum Gasteiger partial charge on any atom is -0.254 e. The van der Waals surface area contributed by atoms with E-state index in [4.69, 9.17) is 9.97 Å². The van der Waals surface area contributed by atoms with Gasteiger partial charge in [-0.2, -0.15) is 0 Å². The quantitative estimate of drug-likeness (QED) is 0.210. The van der Waals surface area contributed by atoms with Crippen molar-refractivity contribution in [2.75, 3.05) is 0 Å². The third-order valence-electron chi connectivity index (χ3n) is 8.75. The van der Waals surface area contributed by atoms with E-state index in [0.717, 1.165) is 22.3 Å². The SMILES string of the molecule is Cc1c(C)c2ccc(-c3ccc(-c4ccc5cc(-c6cccc7ccccc67)ccc5c4)cc3)nc2c2ncccc12. The monoisotopic (exact) mass is 536 g/mol. The van der Waals surface area contributed by atoms with Crippen molar-refractivity contribution in [2.24, 2.45) is 0 Å². The molecule has 2 nitrogen and oxygen atoms in total. The molecule has 8 rings (SSSR count). The van der Waals surface area contributed by atoms with Crippen LogP contribution in [0.5, 0.6) is 0 Å². The predicted molar refractivity (Wildman–Crippen MR) is 178 cm³/mol. The van der Waals surface area contributed by atoms with Crippen LogP contribution in [0.25, 0.3) is 76.9 Å². The smallest absolute Gasteiger partial charge is 0.0974 e. The van der Waals surface area contributed by atoms with Gasteiger partial charge in [-0.3, -0.25) is 4.98 Å². The molecule has 0 N–H and O–H groups in total. The zero-order chi connectivity index (χ0) is 28.2. The van der Waals surface area contributed by atoms with E-state index in [0.29, 0.717) is 0 Å². The number of hydrogen-bond donors (Lipinski definition) is 0. The molecule has 0 aliphatic rings. The summed E-state index contributed by atoms with van der Waals surface area (Å²) >= 11 is 0. The Kier molecular flexibility index (Phi) is 5.61. The molecule has 198 valence electrons. The van der Waals surface area contributed by atoms with E-state index in [1.165, 1.54) is 65.7 Å². The summed E-state index contributed by atoms with van der Waals surface area (Å²) in [6.07, 6.45) is 1.85. The van der Waals surface area contributed by atoms with Crippen LogP contribution in [0.4, 0.5) is 0 Å². The van der Waals surface area contributed by atoms with Crippen LogP contribution in [-0.2, 0) is 0 Å². The number of aryl methyl sites for hydroxylation is 2. The summed E-state index contributed by atoms with van der Waals surface area (Å²) in [5, 5.41) is 7.37. The second-order valence-electron chi connectivity index (χ2n) is 11.1. The first-order chi connectivity index (χ1) is 20.6. The molecule has 0 atom stereocenters. The third-order valence-corrected chi connectivity index (χ3v) is 8.75. The third kappa shape index (κ3) is 3.95. The van der Waals surface area contributed by atoms with Gasteiger partial charge in [0.05, 0.1) is 16.7 Å². The molecule has 0 saturated heterocycles. The van der Waals surface area contributed by atoms with Gasteiger partial charge in [0.15, 0.2) is 0 Å². The molecule has 0 aliphatic heterocycles. The van der Waals surface area contributed by atoms with Crippen molar-refractivity contribution >= 4 is 43.4 Å². The van der Waals surface area contributed by atoms with Crippen LogP contribution in [0.3, 0.4) is 0 Å². The highest BCUT2D eigenvalue weighted by Gasteiger charge is 2.12. The molecule has 0 radical (unpaired) electrons. The molecule has 0 amide bonds. The van der Waals surface area contributed by atoms with Crippen LogP contribution < -0.4 is 0 Å². The second-order valence-corrected chi connectivity index (χ2v) is 11.1. The Morgan fingerprint density at radius 2 is 1.07 bits per heavy atom. The lowest BCUT2D eigenvalue weighted by atomic mass is 9.94. The summed E-state index contributed by atoms with van der Waals surface area (Å²) < 4.78 is 0. The maximum absolute atomic E-state index is 5.11. The molecule has 0 fully saturated rings. The van der Waals surface area contributed by atoms with Gasteiger partial charge in [0.25, 0.3) is 0 Å². The molecule has 2 aromatic heterocycles. The molecular weight excluding hydrogens is 508 g/mol. The zero-order valence-electron chi connectivity index (χ0n) is 23.6. The topological polar surface area (TPSA) is 25.8 Å². The summed E-state index contributed by atoms with van der Waals surface area (Å²) in [7, 11) is 0. The zero-order valence-corrected chi connectivity index (χ0v) is 23.6. The summed E-state index contributed by atoms with van der Waals surface area (Å²) in [4.78, 5) is 9.81. The van der Waals surface area contributed by atoms with Gasteiger partial charge in [0, 0.05) is 22.5 Å². The Morgan fingerprint density at radius 1 is 0.429 bits per heavy atom. The highest BCUT2D eigenvalue weighted by Crippen LogP contribution is 2.34. The van der Waals surface area contributed by atoms with Gasteiger partial charge >= 0.3 is 0 Å². The molecule has 0 bridgehead atoms. The van der Waals surface area contributed by atoms with Gasteiger partial charge in [-0.15, -0.1) is 0 Å². The number of aromatic nitrogens is 2. The highest BCUT2D eigenvalue weighted by atomic mass is 14.8. The molecule has 6 aromatic carbocycles. The molecule has 0 unspecified atom stereocenters. The van der Waals surface area contributed by atoms with E-state index in [-0.39, 0.29) is 0 Å². The summed E-state index contributed by atoms with van der Waals surface area (Å²) in [6.45, 7) is 4.34. The Hall–Kier alpha value is -5.34. The Bertz CT molecular complexity index is 2310. The van der Waals surface area contributed by atoms with E-state index in [1.807, 2.05) is 12.3 Å². The lowest BCUT2D eigenvalue weighted by Crippen LogP contribution is -1.94. The summed E-state index contributed by atoms with van der Waals surface area (Å²) in [5.41, 5.74) is 11.4. The number of fused-ring (bicyclic) bond motifs is 5. The lowest BCUT2D eigenvalue weighted by Gasteiger charge is -2.12. The fourth-order valence-corrected chi connectivity index (χ4v) is 6.31. The number of hydrogen-bond acceptors (Lipinski definition) is 2. The van der Waals surface area contributed by atoms with Crippen LogP contribution in [0.1, 0.15) is 11.1 Å². The van der Waals surface area contributed by atoms with E-state index >= 15 is 0 Å². The average molecular weight is 537 g/mol. The minimum absolute atomic E-state index is 0.962. The maximum Gasteiger partial charge on any atom is 0.0974 e. The second kappa shape index (κ2) is 9.64. The van der Waals surface area contributed by atoms with Crippen LogP contribution in [0.2, 0.25) is 0 Å². The fourth-order valence-electron chi connectivity index (χ4n) is 6.31. The van der Waals surface area contributed by atoms with Crippen molar-refractivity contribution in [2.45, 2.75) is 13.8 Å². The predicted octanol–water partition coefficient (Wildman–Crippen LogP) is 10.7. The fraction of sp³-hybridized carbons (Fsp3) is 0.0500. The first kappa shape index (κ1) is 24.5. The van der Waals surface area contributed by atoms with Crippen LogP contribution in [0.15, 0.2) is 134 Å². The Labute approximate surface area is 244 Å². The van der Waals surface area contributed by atoms with E-state index < -0.39 is 0 Å². The van der Waals surface area contributed by atoms with Crippen molar-refractivity contribution in [1.82, 2.24) is 9.97 Å². The van der Waals surface area contributed by atoms with Gasteiger partial charge < -0.3 is 0 Å². The van der Waals surface area contributed by atoms with Gasteiger partial charge in [-0.25, -0.2) is 4.98 Å². The van der Waals surface area contributed by atoms with Crippen molar-refractivity contribution in [3.63, 3.8) is 0 Å². The number of nitrogens with zero attached hydrogens (tertiary/aromatic N) is 2. The van der Waals surface area contributed by atoms with Crippen LogP contribution >= 0.6 is 0 Å². The van der Waals surface area contributed by atoms with Crippen molar-refractivity contribution in [1.29, 1.82) is 0 Å². The molecule has 42 heavy (non-hydrogen) atoms. The lowest BCUT2D eigenvalue weighted by molar-refractivity contribution is 1.33. The molecule has 8 aromatic rings. The van der Waals surface area contributed by atoms with E-state index in [2.05, 4.69) is 135 Å². The number of benzene rings is 6. The van der Waals surface area contributed by atoms with Crippen molar-refractivity contribution in [3.05, 3.63) is 145 Å². The molecule has 2 heterocycles. The normalized spacial score (nSPS) is 11.6. The average Bonchev–Trinajstić information content (AvgIpc) is 3.06. The van der Waals surface area contributed by atoms with Gasteiger partial charge in [0.2, 0.25) is 0 Å². The van der Waals surface area contributed by atoms with Crippen molar-refractivity contribution in [3.8, 4) is 33.5 Å². The number of pyridine rings is 2. The van der Waals surface area contributed by atoms with Crippen LogP contribution in [-0.4, -0.2) is 9.97 Å². The molecule has 2 heteroatoms. The molecule has 0 saturated carbocycles. The summed E-state index contributed by atoms with van der Waals surface area (Å²) in [6, 6.07) is 45.9. The molecular formula is C40H28N2. The first-order valence-corrected chi connectivity index (χ1v) is 14.4. The van der Waals surface area contributed by atoms with Gasteiger partial charge in [0.1, 0.15) is 0 Å².